The Kier molecular flexibility index (Phi) is 4.42. The molecule has 146 valence electrons. The van der Waals surface area contributed by atoms with E-state index < -0.39 is 28.4 Å². The summed E-state index contributed by atoms with van der Waals surface area (Å²) in [5, 5.41) is 0. The van der Waals surface area contributed by atoms with Crippen LogP contribution in [0.1, 0.15) is 20.9 Å². The predicted octanol–water partition coefficient (Wildman–Crippen LogP) is 0.409. The first-order valence-corrected chi connectivity index (χ1v) is 10.1. The molecule has 1 saturated heterocycles. The molecule has 1 fully saturated rings. The van der Waals surface area contributed by atoms with Gasteiger partial charge in [-0.25, -0.2) is 12.7 Å². The number of benzene rings is 1. The SMILES string of the molecule is O=C(CN1C(=O)c2ccccc2S1(=O)=O)N1CCN(C(=O)c2ccco2)CC1. The van der Waals surface area contributed by atoms with Gasteiger partial charge in [0.25, 0.3) is 21.8 Å². The fourth-order valence-corrected chi connectivity index (χ4v) is 4.84. The molecule has 0 unspecified atom stereocenters. The molecule has 28 heavy (non-hydrogen) atoms. The zero-order valence-corrected chi connectivity index (χ0v) is 15.6. The summed E-state index contributed by atoms with van der Waals surface area (Å²) in [6.07, 6.45) is 1.42. The highest BCUT2D eigenvalue weighted by molar-refractivity contribution is 7.90. The second kappa shape index (κ2) is 6.79. The van der Waals surface area contributed by atoms with Crippen molar-refractivity contribution in [2.75, 3.05) is 32.7 Å². The van der Waals surface area contributed by atoms with Crippen LogP contribution in [0.4, 0.5) is 0 Å². The van der Waals surface area contributed by atoms with Crippen molar-refractivity contribution in [2.24, 2.45) is 0 Å². The number of carbonyl (C=O) groups is 3. The first-order chi connectivity index (χ1) is 13.4. The van der Waals surface area contributed by atoms with Gasteiger partial charge in [0.1, 0.15) is 11.4 Å². The number of hydrogen-bond donors (Lipinski definition) is 0. The van der Waals surface area contributed by atoms with Crippen LogP contribution < -0.4 is 0 Å². The average molecular weight is 403 g/mol. The lowest BCUT2D eigenvalue weighted by Crippen LogP contribution is -2.53. The maximum atomic E-state index is 12.6. The van der Waals surface area contributed by atoms with E-state index in [0.29, 0.717) is 17.4 Å². The summed E-state index contributed by atoms with van der Waals surface area (Å²) in [4.78, 5) is 40.2. The summed E-state index contributed by atoms with van der Waals surface area (Å²) < 4.78 is 30.8. The number of fused-ring (bicyclic) bond motifs is 1. The zero-order valence-electron chi connectivity index (χ0n) is 14.8. The van der Waals surface area contributed by atoms with Gasteiger partial charge in [-0.15, -0.1) is 0 Å². The Bertz CT molecular complexity index is 1040. The minimum absolute atomic E-state index is 0.0733. The van der Waals surface area contributed by atoms with Crippen LogP contribution in [-0.2, 0) is 14.8 Å². The summed E-state index contributed by atoms with van der Waals surface area (Å²) in [7, 11) is -4.02. The molecule has 1 aromatic heterocycles. The van der Waals surface area contributed by atoms with Crippen LogP contribution in [0.3, 0.4) is 0 Å². The largest absolute Gasteiger partial charge is 0.459 e. The van der Waals surface area contributed by atoms with Crippen molar-refractivity contribution in [1.29, 1.82) is 0 Å². The van der Waals surface area contributed by atoms with Crippen LogP contribution in [0.2, 0.25) is 0 Å². The maximum Gasteiger partial charge on any atom is 0.289 e. The van der Waals surface area contributed by atoms with Gasteiger partial charge in [0.2, 0.25) is 5.91 Å². The number of nitrogens with zero attached hydrogens (tertiary/aromatic N) is 3. The van der Waals surface area contributed by atoms with Gasteiger partial charge in [0.15, 0.2) is 5.76 Å². The molecule has 0 saturated carbocycles. The van der Waals surface area contributed by atoms with Crippen LogP contribution in [0.5, 0.6) is 0 Å². The van der Waals surface area contributed by atoms with Crippen molar-refractivity contribution in [3.8, 4) is 0 Å². The summed E-state index contributed by atoms with van der Waals surface area (Å²) in [5.41, 5.74) is 0.0733. The molecule has 0 aliphatic carbocycles. The standard InChI is InChI=1S/C18H17N3O6S/c22-16(12-21-17(23)13-4-1-2-6-15(13)28(21,25)26)19-7-9-20(10-8-19)18(24)14-5-3-11-27-14/h1-6,11H,7-10,12H2. The number of sulfonamides is 1. The summed E-state index contributed by atoms with van der Waals surface area (Å²) in [5.74, 6) is -1.21. The maximum absolute atomic E-state index is 12.6. The van der Waals surface area contributed by atoms with E-state index in [0.717, 1.165) is 0 Å². The second-order valence-electron chi connectivity index (χ2n) is 6.46. The van der Waals surface area contributed by atoms with Gasteiger partial charge in [-0.05, 0) is 24.3 Å². The lowest BCUT2D eigenvalue weighted by atomic mass is 10.2. The summed E-state index contributed by atoms with van der Waals surface area (Å²) in [6.45, 7) is 0.543. The van der Waals surface area contributed by atoms with E-state index in [1.165, 1.54) is 29.4 Å². The average Bonchev–Trinajstić information content (AvgIpc) is 3.30. The highest BCUT2D eigenvalue weighted by Crippen LogP contribution is 2.29. The normalized spacial score (nSPS) is 18.3. The fraction of sp³-hybridized carbons (Fsp3) is 0.278. The van der Waals surface area contributed by atoms with Gasteiger partial charge < -0.3 is 14.2 Å². The van der Waals surface area contributed by atoms with Crippen molar-refractivity contribution < 1.29 is 27.2 Å². The smallest absolute Gasteiger partial charge is 0.289 e. The minimum atomic E-state index is -4.02. The highest BCUT2D eigenvalue weighted by Gasteiger charge is 2.42. The Hall–Kier alpha value is -3.14. The molecule has 0 atom stereocenters. The van der Waals surface area contributed by atoms with Crippen molar-refractivity contribution in [2.45, 2.75) is 4.90 Å². The molecular formula is C18H17N3O6S. The van der Waals surface area contributed by atoms with Gasteiger partial charge in [-0.3, -0.25) is 14.4 Å². The van der Waals surface area contributed by atoms with Gasteiger partial charge in [-0.1, -0.05) is 12.1 Å². The highest BCUT2D eigenvalue weighted by atomic mass is 32.2. The van der Waals surface area contributed by atoms with Crippen molar-refractivity contribution in [1.82, 2.24) is 14.1 Å². The molecule has 3 amide bonds. The molecule has 9 nitrogen and oxygen atoms in total. The molecule has 2 aliphatic rings. The molecule has 3 heterocycles. The summed E-state index contributed by atoms with van der Waals surface area (Å²) >= 11 is 0. The van der Waals surface area contributed by atoms with E-state index in [1.54, 1.807) is 23.1 Å². The Morgan fingerprint density at radius 3 is 2.29 bits per heavy atom. The number of amides is 3. The molecular weight excluding hydrogens is 386 g/mol. The number of piperazine rings is 1. The number of furan rings is 1. The van der Waals surface area contributed by atoms with E-state index in [-0.39, 0.29) is 35.2 Å². The number of rotatable bonds is 3. The third-order valence-electron chi connectivity index (χ3n) is 4.84. The van der Waals surface area contributed by atoms with Gasteiger partial charge in [0.05, 0.1) is 11.8 Å². The van der Waals surface area contributed by atoms with Crippen LogP contribution in [0.25, 0.3) is 0 Å². The molecule has 10 heteroatoms. The molecule has 2 aliphatic heterocycles. The van der Waals surface area contributed by atoms with E-state index in [2.05, 4.69) is 0 Å². The minimum Gasteiger partial charge on any atom is -0.459 e. The first kappa shape index (κ1) is 18.2. The monoisotopic (exact) mass is 403 g/mol. The Morgan fingerprint density at radius 1 is 0.964 bits per heavy atom. The van der Waals surface area contributed by atoms with Crippen LogP contribution >= 0.6 is 0 Å². The van der Waals surface area contributed by atoms with Crippen LogP contribution in [0, 0.1) is 0 Å². The fourth-order valence-electron chi connectivity index (χ4n) is 3.33. The Morgan fingerprint density at radius 2 is 1.64 bits per heavy atom. The molecule has 0 radical (unpaired) electrons. The van der Waals surface area contributed by atoms with Crippen LogP contribution in [-0.4, -0.2) is 73.0 Å². The van der Waals surface area contributed by atoms with Gasteiger partial charge in [0, 0.05) is 26.2 Å². The zero-order chi connectivity index (χ0) is 19.9. The Balaban J connectivity index is 1.41. The van der Waals surface area contributed by atoms with Gasteiger partial charge >= 0.3 is 0 Å². The predicted molar refractivity (Wildman–Crippen MR) is 95.9 cm³/mol. The van der Waals surface area contributed by atoms with Crippen LogP contribution in [0.15, 0.2) is 52.0 Å². The third kappa shape index (κ3) is 2.95. The molecule has 0 bridgehead atoms. The molecule has 4 rings (SSSR count). The lowest BCUT2D eigenvalue weighted by Gasteiger charge is -2.34. The number of carbonyl (C=O) groups excluding carboxylic acids is 3. The number of hydrogen-bond acceptors (Lipinski definition) is 6. The lowest BCUT2D eigenvalue weighted by molar-refractivity contribution is -0.132. The molecule has 0 N–H and O–H groups in total. The summed E-state index contributed by atoms with van der Waals surface area (Å²) in [6, 6.07) is 9.09. The van der Waals surface area contributed by atoms with Gasteiger partial charge in [-0.2, -0.15) is 0 Å². The topological polar surface area (TPSA) is 108 Å². The Labute approximate surface area is 161 Å². The van der Waals surface area contributed by atoms with E-state index >= 15 is 0 Å². The van der Waals surface area contributed by atoms with Crippen molar-refractivity contribution in [3.05, 3.63) is 54.0 Å². The second-order valence-corrected chi connectivity index (χ2v) is 8.29. The van der Waals surface area contributed by atoms with Crippen molar-refractivity contribution in [3.63, 3.8) is 0 Å². The molecule has 2 aromatic rings. The van der Waals surface area contributed by atoms with E-state index in [4.69, 9.17) is 4.42 Å². The third-order valence-corrected chi connectivity index (χ3v) is 6.63. The quantitative estimate of drug-likeness (QED) is 0.734. The molecule has 0 spiro atoms. The molecule has 1 aromatic carbocycles. The first-order valence-electron chi connectivity index (χ1n) is 8.66. The van der Waals surface area contributed by atoms with E-state index in [9.17, 15) is 22.8 Å². The van der Waals surface area contributed by atoms with Crippen molar-refractivity contribution >= 4 is 27.7 Å². The van der Waals surface area contributed by atoms with E-state index in [1.807, 2.05) is 0 Å².